The van der Waals surface area contributed by atoms with Gasteiger partial charge in [-0.15, -0.1) is 0 Å². The predicted molar refractivity (Wildman–Crippen MR) is 90.5 cm³/mol. The van der Waals surface area contributed by atoms with Crippen molar-refractivity contribution in [2.75, 3.05) is 0 Å². The van der Waals surface area contributed by atoms with Crippen LogP contribution in [0.1, 0.15) is 13.8 Å². The van der Waals surface area contributed by atoms with Gasteiger partial charge in [0.1, 0.15) is 5.82 Å². The van der Waals surface area contributed by atoms with Crippen molar-refractivity contribution in [3.05, 3.63) is 58.7 Å². The highest BCUT2D eigenvalue weighted by Crippen LogP contribution is 2.36. The molecule has 3 rings (SSSR count). The number of carbonyl (C=O) groups excluding carboxylic acids is 2. The first-order valence-corrected chi connectivity index (χ1v) is 7.59. The van der Waals surface area contributed by atoms with Gasteiger partial charge in [-0.3, -0.25) is 9.59 Å². The zero-order valence-electron chi connectivity index (χ0n) is 13.9. The molecule has 132 valence electrons. The average Bonchev–Trinajstić information content (AvgIpc) is 2.57. The van der Waals surface area contributed by atoms with E-state index in [1.807, 2.05) is 0 Å². The lowest BCUT2D eigenvalue weighted by Gasteiger charge is -2.11. The molecule has 0 N–H and O–H groups in total. The minimum Gasteiger partial charge on any atom is -0.423 e. The molecule has 0 bridgehead atoms. The van der Waals surface area contributed by atoms with Gasteiger partial charge in [0.2, 0.25) is 5.75 Å². The Hall–Kier alpha value is -3.48. The zero-order valence-corrected chi connectivity index (χ0v) is 13.9. The van der Waals surface area contributed by atoms with Crippen LogP contribution in [0.25, 0.3) is 22.1 Å². The molecule has 0 aliphatic carbocycles. The Bertz CT molecular complexity index is 1070. The molecule has 2 aromatic carbocycles. The molecule has 0 amide bonds. The van der Waals surface area contributed by atoms with Gasteiger partial charge in [0, 0.05) is 19.2 Å². The van der Waals surface area contributed by atoms with E-state index in [0.29, 0.717) is 10.9 Å². The van der Waals surface area contributed by atoms with Crippen LogP contribution in [0.15, 0.2) is 51.7 Å². The molecule has 1 aromatic heterocycles. The Balaban J connectivity index is 2.22. The van der Waals surface area contributed by atoms with E-state index in [0.717, 1.165) is 0 Å². The molecular formula is C19H13FO6. The molecule has 6 nitrogen and oxygen atoms in total. The minimum atomic E-state index is -0.711. The van der Waals surface area contributed by atoms with Gasteiger partial charge in [-0.25, -0.2) is 9.18 Å². The van der Waals surface area contributed by atoms with Crippen molar-refractivity contribution in [2.24, 2.45) is 0 Å². The Morgan fingerprint density at radius 2 is 1.62 bits per heavy atom. The van der Waals surface area contributed by atoms with Crippen LogP contribution in [0.4, 0.5) is 4.39 Å². The summed E-state index contributed by atoms with van der Waals surface area (Å²) in [6.45, 7) is 2.36. The van der Waals surface area contributed by atoms with Crippen LogP contribution < -0.4 is 15.1 Å². The summed E-state index contributed by atoms with van der Waals surface area (Å²) in [5.74, 6) is -1.92. The number of hydrogen-bond donors (Lipinski definition) is 0. The topological polar surface area (TPSA) is 82.8 Å². The van der Waals surface area contributed by atoms with Crippen LogP contribution in [0.5, 0.6) is 11.5 Å². The van der Waals surface area contributed by atoms with Crippen molar-refractivity contribution >= 4 is 22.9 Å². The second kappa shape index (κ2) is 6.79. The first kappa shape index (κ1) is 17.3. The summed E-state index contributed by atoms with van der Waals surface area (Å²) in [4.78, 5) is 35.0. The molecule has 0 atom stereocenters. The van der Waals surface area contributed by atoms with Crippen molar-refractivity contribution in [1.82, 2.24) is 0 Å². The van der Waals surface area contributed by atoms with Crippen LogP contribution in [-0.2, 0) is 9.59 Å². The molecule has 0 aliphatic rings. The molecule has 3 aromatic rings. The quantitative estimate of drug-likeness (QED) is 0.406. The maximum Gasteiger partial charge on any atom is 0.344 e. The lowest BCUT2D eigenvalue weighted by Crippen LogP contribution is -2.09. The molecular weight excluding hydrogens is 343 g/mol. The normalized spacial score (nSPS) is 10.6. The van der Waals surface area contributed by atoms with E-state index in [4.69, 9.17) is 13.9 Å². The number of rotatable bonds is 3. The van der Waals surface area contributed by atoms with E-state index in [1.165, 1.54) is 50.2 Å². The molecule has 7 heteroatoms. The highest BCUT2D eigenvalue weighted by atomic mass is 19.1. The third kappa shape index (κ3) is 3.46. The van der Waals surface area contributed by atoms with E-state index >= 15 is 0 Å². The Morgan fingerprint density at radius 1 is 0.962 bits per heavy atom. The van der Waals surface area contributed by atoms with E-state index in [1.54, 1.807) is 6.07 Å². The first-order chi connectivity index (χ1) is 12.3. The standard InChI is InChI=1S/C19H13FO6/c1-10(21)24-16-8-5-13-9-15(12-3-6-14(20)7-4-12)19(23)26-17(13)18(16)25-11(2)22/h3-9H,1-2H3. The molecule has 0 spiro atoms. The summed E-state index contributed by atoms with van der Waals surface area (Å²) in [6.07, 6.45) is 0. The lowest BCUT2D eigenvalue weighted by atomic mass is 10.1. The number of benzene rings is 2. The fourth-order valence-corrected chi connectivity index (χ4v) is 2.45. The number of esters is 2. The third-order valence-corrected chi connectivity index (χ3v) is 3.48. The highest BCUT2D eigenvalue weighted by Gasteiger charge is 2.19. The Labute approximate surface area is 146 Å². The summed E-state index contributed by atoms with van der Waals surface area (Å²) in [5, 5.41) is 0.441. The number of ether oxygens (including phenoxy) is 2. The average molecular weight is 356 g/mol. The molecule has 0 unspecified atom stereocenters. The van der Waals surface area contributed by atoms with E-state index in [-0.39, 0.29) is 22.6 Å². The summed E-state index contributed by atoms with van der Waals surface area (Å²) < 4.78 is 28.5. The number of carbonyl (C=O) groups is 2. The predicted octanol–water partition coefficient (Wildman–Crippen LogP) is 3.45. The van der Waals surface area contributed by atoms with Crippen molar-refractivity contribution < 1.29 is 27.9 Å². The second-order valence-electron chi connectivity index (χ2n) is 5.45. The third-order valence-electron chi connectivity index (χ3n) is 3.48. The molecule has 26 heavy (non-hydrogen) atoms. The van der Waals surface area contributed by atoms with Crippen LogP contribution >= 0.6 is 0 Å². The van der Waals surface area contributed by atoms with Crippen molar-refractivity contribution in [3.63, 3.8) is 0 Å². The number of fused-ring (bicyclic) bond motifs is 1. The van der Waals surface area contributed by atoms with Gasteiger partial charge in [-0.1, -0.05) is 12.1 Å². The maximum atomic E-state index is 13.1. The molecule has 0 saturated carbocycles. The largest absolute Gasteiger partial charge is 0.423 e. The lowest BCUT2D eigenvalue weighted by molar-refractivity contribution is -0.134. The van der Waals surface area contributed by atoms with Crippen LogP contribution in [-0.4, -0.2) is 11.9 Å². The molecule has 0 aliphatic heterocycles. The van der Waals surface area contributed by atoms with Crippen molar-refractivity contribution in [1.29, 1.82) is 0 Å². The van der Waals surface area contributed by atoms with E-state index < -0.39 is 23.4 Å². The van der Waals surface area contributed by atoms with Gasteiger partial charge in [0.25, 0.3) is 0 Å². The van der Waals surface area contributed by atoms with E-state index in [2.05, 4.69) is 0 Å². The Kier molecular flexibility index (Phi) is 4.53. The van der Waals surface area contributed by atoms with Crippen molar-refractivity contribution in [3.8, 4) is 22.6 Å². The molecule has 0 fully saturated rings. The SMILES string of the molecule is CC(=O)Oc1ccc2cc(-c3ccc(F)cc3)c(=O)oc2c1OC(C)=O. The van der Waals surface area contributed by atoms with Gasteiger partial charge in [0.05, 0.1) is 5.56 Å². The van der Waals surface area contributed by atoms with Gasteiger partial charge in [0.15, 0.2) is 11.3 Å². The molecule has 0 radical (unpaired) electrons. The van der Waals surface area contributed by atoms with Gasteiger partial charge >= 0.3 is 17.6 Å². The minimum absolute atomic E-state index is 0.0326. The fraction of sp³-hybridized carbons (Fsp3) is 0.105. The van der Waals surface area contributed by atoms with E-state index in [9.17, 15) is 18.8 Å². The number of hydrogen-bond acceptors (Lipinski definition) is 6. The van der Waals surface area contributed by atoms with Crippen LogP contribution in [0.2, 0.25) is 0 Å². The number of halogens is 1. The Morgan fingerprint density at radius 3 is 2.23 bits per heavy atom. The summed E-state index contributed by atoms with van der Waals surface area (Å²) >= 11 is 0. The van der Waals surface area contributed by atoms with Crippen molar-refractivity contribution in [2.45, 2.75) is 13.8 Å². The molecule has 0 saturated heterocycles. The summed E-state index contributed by atoms with van der Waals surface area (Å²) in [6, 6.07) is 9.87. The van der Waals surface area contributed by atoms with Gasteiger partial charge < -0.3 is 13.9 Å². The van der Waals surface area contributed by atoms with Gasteiger partial charge in [-0.05, 0) is 35.9 Å². The summed E-state index contributed by atoms with van der Waals surface area (Å²) in [5.41, 5.74) is -0.0565. The smallest absolute Gasteiger partial charge is 0.344 e. The monoisotopic (exact) mass is 356 g/mol. The highest BCUT2D eigenvalue weighted by molar-refractivity contribution is 5.91. The van der Waals surface area contributed by atoms with Gasteiger partial charge in [-0.2, -0.15) is 0 Å². The maximum absolute atomic E-state index is 13.1. The zero-order chi connectivity index (χ0) is 18.8. The van der Waals surface area contributed by atoms with Crippen LogP contribution in [0.3, 0.4) is 0 Å². The van der Waals surface area contributed by atoms with Crippen LogP contribution in [0, 0.1) is 5.82 Å². The second-order valence-corrected chi connectivity index (χ2v) is 5.45. The fourth-order valence-electron chi connectivity index (χ4n) is 2.45. The summed E-state index contributed by atoms with van der Waals surface area (Å²) in [7, 11) is 0. The first-order valence-electron chi connectivity index (χ1n) is 7.59. The molecule has 1 heterocycles.